The summed E-state index contributed by atoms with van der Waals surface area (Å²) >= 11 is 18.2. The zero-order valence-electron chi connectivity index (χ0n) is 13.8. The van der Waals surface area contributed by atoms with E-state index in [1.165, 1.54) is 6.20 Å². The van der Waals surface area contributed by atoms with E-state index in [4.69, 9.17) is 39.5 Å². The summed E-state index contributed by atoms with van der Waals surface area (Å²) in [5, 5.41) is 1.27. The van der Waals surface area contributed by atoms with Gasteiger partial charge in [-0.2, -0.15) is 4.98 Å². The highest BCUT2D eigenvalue weighted by molar-refractivity contribution is 6.34. The van der Waals surface area contributed by atoms with Crippen molar-refractivity contribution in [2.24, 2.45) is 0 Å². The number of aromatic nitrogens is 5. The SMILES string of the molecule is Clc1cc(Cl)nc(CCOc2ncc(Cl)c(-n3cnc4ccccc43)n2)c1. The maximum absolute atomic E-state index is 6.28. The fraction of sp³-hybridized carbons (Fsp3) is 0.111. The Morgan fingerprint density at radius 2 is 1.85 bits per heavy atom. The van der Waals surface area contributed by atoms with E-state index in [0.717, 1.165) is 16.7 Å². The topological polar surface area (TPSA) is 65.7 Å². The number of rotatable bonds is 5. The molecular formula is C18H12Cl3N5O. The lowest BCUT2D eigenvalue weighted by molar-refractivity contribution is 0.295. The summed E-state index contributed by atoms with van der Waals surface area (Å²) in [6, 6.07) is 11.2. The van der Waals surface area contributed by atoms with E-state index in [2.05, 4.69) is 19.9 Å². The number of halogens is 3. The molecule has 3 aromatic heterocycles. The second-order valence-corrected chi connectivity index (χ2v) is 6.86. The standard InChI is InChI=1S/C18H12Cl3N5O/c19-11-7-12(24-16(21)8-11)5-6-27-18-22-9-13(20)17(25-18)26-10-23-14-3-1-2-4-15(14)26/h1-4,7-10H,5-6H2. The maximum Gasteiger partial charge on any atom is 0.318 e. The first-order valence-corrected chi connectivity index (χ1v) is 9.13. The van der Waals surface area contributed by atoms with Gasteiger partial charge in [0.25, 0.3) is 0 Å². The van der Waals surface area contributed by atoms with Crippen molar-refractivity contribution in [2.45, 2.75) is 6.42 Å². The molecule has 0 saturated carbocycles. The molecular weight excluding hydrogens is 409 g/mol. The molecule has 0 aliphatic heterocycles. The first-order valence-electron chi connectivity index (χ1n) is 8.00. The van der Waals surface area contributed by atoms with E-state index in [-0.39, 0.29) is 6.01 Å². The Morgan fingerprint density at radius 3 is 2.70 bits per heavy atom. The summed E-state index contributed by atoms with van der Waals surface area (Å²) in [5.74, 6) is 0.499. The van der Waals surface area contributed by atoms with Crippen LogP contribution in [0.15, 0.2) is 48.9 Å². The zero-order chi connectivity index (χ0) is 18.8. The van der Waals surface area contributed by atoms with Crippen LogP contribution in [-0.4, -0.2) is 31.1 Å². The van der Waals surface area contributed by atoms with Crippen molar-refractivity contribution in [1.82, 2.24) is 24.5 Å². The minimum Gasteiger partial charge on any atom is -0.463 e. The van der Waals surface area contributed by atoms with E-state index < -0.39 is 0 Å². The molecule has 0 amide bonds. The van der Waals surface area contributed by atoms with Crippen LogP contribution in [0.25, 0.3) is 16.9 Å². The van der Waals surface area contributed by atoms with E-state index in [9.17, 15) is 0 Å². The predicted octanol–water partition coefficient (Wildman–Crippen LogP) is 4.79. The number of nitrogens with zero attached hydrogens (tertiary/aromatic N) is 5. The lowest BCUT2D eigenvalue weighted by Gasteiger charge is -2.09. The van der Waals surface area contributed by atoms with Crippen molar-refractivity contribution in [1.29, 1.82) is 0 Å². The van der Waals surface area contributed by atoms with Crippen molar-refractivity contribution >= 4 is 45.8 Å². The molecule has 0 fully saturated rings. The molecule has 0 saturated heterocycles. The fourth-order valence-corrected chi connectivity index (χ4v) is 3.29. The van der Waals surface area contributed by atoms with Crippen molar-refractivity contribution in [2.75, 3.05) is 6.61 Å². The molecule has 3 heterocycles. The number of fused-ring (bicyclic) bond motifs is 1. The van der Waals surface area contributed by atoms with Gasteiger partial charge in [-0.3, -0.25) is 4.57 Å². The molecule has 1 aromatic carbocycles. The number of pyridine rings is 1. The highest BCUT2D eigenvalue weighted by Crippen LogP contribution is 2.24. The van der Waals surface area contributed by atoms with Crippen molar-refractivity contribution in [3.05, 3.63) is 69.8 Å². The van der Waals surface area contributed by atoms with Gasteiger partial charge in [-0.05, 0) is 24.3 Å². The Kier molecular flexibility index (Phi) is 5.11. The van der Waals surface area contributed by atoms with Gasteiger partial charge >= 0.3 is 6.01 Å². The number of hydrogen-bond donors (Lipinski definition) is 0. The van der Waals surface area contributed by atoms with Crippen LogP contribution in [0.2, 0.25) is 15.2 Å². The summed E-state index contributed by atoms with van der Waals surface area (Å²) in [6.45, 7) is 0.315. The second kappa shape index (κ2) is 7.68. The normalized spacial score (nSPS) is 11.1. The Morgan fingerprint density at radius 1 is 1.00 bits per heavy atom. The van der Waals surface area contributed by atoms with Gasteiger partial charge < -0.3 is 4.74 Å². The molecule has 27 heavy (non-hydrogen) atoms. The van der Waals surface area contributed by atoms with Crippen LogP contribution in [0.4, 0.5) is 0 Å². The largest absolute Gasteiger partial charge is 0.463 e. The molecule has 0 bridgehead atoms. The first kappa shape index (κ1) is 18.0. The molecule has 4 rings (SSSR count). The van der Waals surface area contributed by atoms with Crippen LogP contribution in [0.5, 0.6) is 6.01 Å². The Balaban J connectivity index is 1.54. The average molecular weight is 421 g/mol. The molecule has 0 spiro atoms. The quantitative estimate of drug-likeness (QED) is 0.434. The van der Waals surface area contributed by atoms with Gasteiger partial charge in [0.15, 0.2) is 5.82 Å². The number of ether oxygens (including phenoxy) is 1. The van der Waals surface area contributed by atoms with Gasteiger partial charge in [0.2, 0.25) is 0 Å². The second-order valence-electron chi connectivity index (χ2n) is 5.63. The number of benzene rings is 1. The third kappa shape index (κ3) is 3.98. The minimum absolute atomic E-state index is 0.209. The minimum atomic E-state index is 0.209. The zero-order valence-corrected chi connectivity index (χ0v) is 16.1. The lowest BCUT2D eigenvalue weighted by atomic mass is 10.3. The Labute approximate surface area is 169 Å². The first-order chi connectivity index (χ1) is 13.1. The average Bonchev–Trinajstić information content (AvgIpc) is 3.06. The van der Waals surface area contributed by atoms with Crippen molar-refractivity contribution < 1.29 is 4.74 Å². The van der Waals surface area contributed by atoms with Gasteiger partial charge in [-0.25, -0.2) is 15.0 Å². The molecule has 0 atom stereocenters. The fourth-order valence-electron chi connectivity index (χ4n) is 2.60. The summed E-state index contributed by atoms with van der Waals surface area (Å²) in [6.07, 6.45) is 3.68. The maximum atomic E-state index is 6.28. The van der Waals surface area contributed by atoms with E-state index in [1.54, 1.807) is 23.0 Å². The molecule has 6 nitrogen and oxygen atoms in total. The summed E-state index contributed by atoms with van der Waals surface area (Å²) in [7, 11) is 0. The van der Waals surface area contributed by atoms with Crippen molar-refractivity contribution in [3.63, 3.8) is 0 Å². The predicted molar refractivity (Wildman–Crippen MR) is 105 cm³/mol. The Hall–Kier alpha value is -2.41. The van der Waals surface area contributed by atoms with Crippen molar-refractivity contribution in [3.8, 4) is 11.8 Å². The highest BCUT2D eigenvalue weighted by atomic mass is 35.5. The third-order valence-corrected chi connectivity index (χ3v) is 4.46. The molecule has 0 N–H and O–H groups in total. The summed E-state index contributed by atoms with van der Waals surface area (Å²) < 4.78 is 7.45. The van der Waals surface area contributed by atoms with Gasteiger partial charge in [-0.15, -0.1) is 0 Å². The van der Waals surface area contributed by atoms with Crippen LogP contribution in [0, 0.1) is 0 Å². The van der Waals surface area contributed by atoms with Crippen LogP contribution in [-0.2, 0) is 6.42 Å². The molecule has 0 unspecified atom stereocenters. The molecule has 136 valence electrons. The monoisotopic (exact) mass is 419 g/mol. The van der Waals surface area contributed by atoms with Gasteiger partial charge in [0, 0.05) is 17.1 Å². The highest BCUT2D eigenvalue weighted by Gasteiger charge is 2.12. The number of hydrogen-bond acceptors (Lipinski definition) is 5. The third-order valence-electron chi connectivity index (χ3n) is 3.79. The van der Waals surface area contributed by atoms with E-state index >= 15 is 0 Å². The number of para-hydroxylation sites is 2. The number of imidazole rings is 1. The summed E-state index contributed by atoms with van der Waals surface area (Å²) in [4.78, 5) is 17.1. The van der Waals surface area contributed by atoms with Crippen LogP contribution >= 0.6 is 34.8 Å². The molecule has 9 heteroatoms. The van der Waals surface area contributed by atoms with Crippen LogP contribution < -0.4 is 4.74 Å². The smallest absolute Gasteiger partial charge is 0.318 e. The van der Waals surface area contributed by atoms with Gasteiger partial charge in [-0.1, -0.05) is 46.9 Å². The lowest BCUT2D eigenvalue weighted by Crippen LogP contribution is -2.07. The summed E-state index contributed by atoms with van der Waals surface area (Å²) in [5.41, 5.74) is 2.46. The molecule has 0 aliphatic rings. The molecule has 0 radical (unpaired) electrons. The van der Waals surface area contributed by atoms with E-state index in [1.807, 2.05) is 24.3 Å². The van der Waals surface area contributed by atoms with Gasteiger partial charge in [0.05, 0.1) is 23.8 Å². The Bertz CT molecular complexity index is 1100. The molecule has 4 aromatic rings. The van der Waals surface area contributed by atoms with Crippen LogP contribution in [0.1, 0.15) is 5.69 Å². The van der Waals surface area contributed by atoms with Crippen LogP contribution in [0.3, 0.4) is 0 Å². The van der Waals surface area contributed by atoms with E-state index in [0.29, 0.717) is 34.0 Å². The molecule has 0 aliphatic carbocycles. The van der Waals surface area contributed by atoms with Gasteiger partial charge in [0.1, 0.15) is 16.5 Å².